The first-order valence-corrected chi connectivity index (χ1v) is 7.15. The average Bonchev–Trinajstić information content (AvgIpc) is 2.44. The van der Waals surface area contributed by atoms with E-state index in [4.69, 9.17) is 32.7 Å². The fraction of sp³-hybridized carbons (Fsp3) is 0.500. The van der Waals surface area contributed by atoms with E-state index in [0.29, 0.717) is 28.8 Å². The van der Waals surface area contributed by atoms with Crippen molar-refractivity contribution in [1.29, 1.82) is 0 Å². The molecule has 0 bridgehead atoms. The van der Waals surface area contributed by atoms with Gasteiger partial charge < -0.3 is 19.9 Å². The van der Waals surface area contributed by atoms with Gasteiger partial charge in [0.15, 0.2) is 6.61 Å². The Morgan fingerprint density at radius 3 is 2.71 bits per heavy atom. The number of hydrogen-bond acceptors (Lipinski definition) is 4. The molecule has 0 aliphatic rings. The Kier molecular flexibility index (Phi) is 7.25. The second kappa shape index (κ2) is 8.44. The smallest absolute Gasteiger partial charge is 0.258 e. The van der Waals surface area contributed by atoms with Crippen LogP contribution < -0.4 is 10.1 Å². The Labute approximate surface area is 134 Å². The van der Waals surface area contributed by atoms with Gasteiger partial charge in [0, 0.05) is 32.7 Å². The summed E-state index contributed by atoms with van der Waals surface area (Å²) < 4.78 is 10.2. The third kappa shape index (κ3) is 7.00. The third-order valence-electron chi connectivity index (χ3n) is 2.77. The number of carbonyl (C=O) groups is 1. The minimum absolute atomic E-state index is 0.125. The summed E-state index contributed by atoms with van der Waals surface area (Å²) in [4.78, 5) is 11.7. The first kappa shape index (κ1) is 18.0. The molecule has 0 aliphatic carbocycles. The molecule has 0 saturated heterocycles. The number of carbonyl (C=O) groups excluding carboxylic acids is 1. The maximum Gasteiger partial charge on any atom is 0.258 e. The van der Waals surface area contributed by atoms with E-state index in [9.17, 15) is 9.90 Å². The zero-order valence-corrected chi connectivity index (χ0v) is 13.5. The molecule has 1 rings (SSSR count). The second-order valence-corrected chi connectivity index (χ2v) is 5.70. The zero-order chi connectivity index (χ0) is 15.9. The number of hydrogen-bond donors (Lipinski definition) is 2. The predicted molar refractivity (Wildman–Crippen MR) is 82.1 cm³/mol. The molecule has 1 aromatic carbocycles. The van der Waals surface area contributed by atoms with Crippen LogP contribution in [-0.4, -0.2) is 43.5 Å². The van der Waals surface area contributed by atoms with Gasteiger partial charge in [-0.15, -0.1) is 0 Å². The minimum Gasteiger partial charge on any atom is -0.484 e. The fourth-order valence-corrected chi connectivity index (χ4v) is 1.75. The van der Waals surface area contributed by atoms with Gasteiger partial charge in [-0.2, -0.15) is 0 Å². The number of ether oxygens (including phenoxy) is 2. The van der Waals surface area contributed by atoms with Crippen LogP contribution in [0.1, 0.15) is 13.3 Å². The molecule has 0 aliphatic heterocycles. The summed E-state index contributed by atoms with van der Waals surface area (Å²) in [7, 11) is 1.56. The summed E-state index contributed by atoms with van der Waals surface area (Å²) >= 11 is 11.6. The van der Waals surface area contributed by atoms with Gasteiger partial charge in [-0.05, 0) is 19.1 Å². The Morgan fingerprint density at radius 2 is 2.10 bits per heavy atom. The molecule has 1 atom stereocenters. The molecule has 0 aromatic heterocycles. The highest BCUT2D eigenvalue weighted by molar-refractivity contribution is 6.42. The predicted octanol–water partition coefficient (Wildman–Crippen LogP) is 2.28. The first-order valence-electron chi connectivity index (χ1n) is 6.40. The highest BCUT2D eigenvalue weighted by atomic mass is 35.5. The topological polar surface area (TPSA) is 67.8 Å². The Balaban J connectivity index is 2.35. The molecule has 7 heteroatoms. The molecule has 21 heavy (non-hydrogen) atoms. The molecule has 1 aromatic rings. The minimum atomic E-state index is -1.02. The van der Waals surface area contributed by atoms with Crippen molar-refractivity contribution in [2.24, 2.45) is 0 Å². The molecule has 1 unspecified atom stereocenters. The number of amides is 1. The van der Waals surface area contributed by atoms with Gasteiger partial charge in [-0.3, -0.25) is 4.79 Å². The van der Waals surface area contributed by atoms with E-state index in [2.05, 4.69) is 5.32 Å². The highest BCUT2D eigenvalue weighted by Crippen LogP contribution is 2.26. The molecule has 1 amide bonds. The Hall–Kier alpha value is -1.01. The summed E-state index contributed by atoms with van der Waals surface area (Å²) in [6.07, 6.45) is 0.428. The van der Waals surface area contributed by atoms with Crippen LogP contribution in [0, 0.1) is 0 Å². The molecule has 0 radical (unpaired) electrons. The lowest BCUT2D eigenvalue weighted by molar-refractivity contribution is -0.124. The molecular weight excluding hydrogens is 317 g/mol. The van der Waals surface area contributed by atoms with Gasteiger partial charge in [-0.1, -0.05) is 23.2 Å². The van der Waals surface area contributed by atoms with Crippen molar-refractivity contribution in [3.63, 3.8) is 0 Å². The summed E-state index contributed by atoms with van der Waals surface area (Å²) in [5, 5.41) is 13.4. The van der Waals surface area contributed by atoms with Crippen molar-refractivity contribution in [3.05, 3.63) is 28.2 Å². The van der Waals surface area contributed by atoms with E-state index in [1.54, 1.807) is 26.2 Å². The number of nitrogens with one attached hydrogen (secondary N) is 1. The van der Waals surface area contributed by atoms with E-state index in [1.165, 1.54) is 6.07 Å². The van der Waals surface area contributed by atoms with Crippen LogP contribution in [0.2, 0.25) is 10.0 Å². The largest absolute Gasteiger partial charge is 0.484 e. The van der Waals surface area contributed by atoms with Gasteiger partial charge in [0.2, 0.25) is 0 Å². The average molecular weight is 336 g/mol. The third-order valence-corrected chi connectivity index (χ3v) is 3.51. The van der Waals surface area contributed by atoms with Gasteiger partial charge in [-0.25, -0.2) is 0 Å². The summed E-state index contributed by atoms with van der Waals surface area (Å²) in [6, 6.07) is 4.74. The van der Waals surface area contributed by atoms with Crippen molar-refractivity contribution < 1.29 is 19.4 Å². The number of methoxy groups -OCH3 is 1. The molecule has 118 valence electrons. The SMILES string of the molecule is COCCC(C)(O)CNC(=O)COc1ccc(Cl)c(Cl)c1. The van der Waals surface area contributed by atoms with Gasteiger partial charge in [0.05, 0.1) is 15.6 Å². The van der Waals surface area contributed by atoms with E-state index in [0.717, 1.165) is 0 Å². The maximum absolute atomic E-state index is 11.7. The number of rotatable bonds is 8. The summed E-state index contributed by atoms with van der Waals surface area (Å²) in [5.41, 5.74) is -1.02. The molecule has 0 saturated carbocycles. The molecule has 0 fully saturated rings. The monoisotopic (exact) mass is 335 g/mol. The lowest BCUT2D eigenvalue weighted by Gasteiger charge is -2.23. The van der Waals surface area contributed by atoms with Crippen LogP contribution in [0.25, 0.3) is 0 Å². The highest BCUT2D eigenvalue weighted by Gasteiger charge is 2.20. The van der Waals surface area contributed by atoms with E-state index >= 15 is 0 Å². The van der Waals surface area contributed by atoms with Crippen LogP contribution in [0.4, 0.5) is 0 Å². The summed E-state index contributed by atoms with van der Waals surface area (Å²) in [6.45, 7) is 2.01. The van der Waals surface area contributed by atoms with Crippen molar-refractivity contribution in [3.8, 4) is 5.75 Å². The zero-order valence-electron chi connectivity index (χ0n) is 12.0. The number of halogens is 2. The fourth-order valence-electron chi connectivity index (χ4n) is 1.47. The Bertz CT molecular complexity index is 480. The van der Waals surface area contributed by atoms with Gasteiger partial charge in [0.1, 0.15) is 5.75 Å². The molecular formula is C14H19Cl2NO4. The van der Waals surface area contributed by atoms with Crippen LogP contribution >= 0.6 is 23.2 Å². The quantitative estimate of drug-likeness (QED) is 0.764. The number of aliphatic hydroxyl groups is 1. The first-order chi connectivity index (χ1) is 9.84. The number of benzene rings is 1. The summed E-state index contributed by atoms with van der Waals surface area (Å²) in [5.74, 6) is 0.115. The lowest BCUT2D eigenvalue weighted by atomic mass is 10.0. The molecule has 2 N–H and O–H groups in total. The van der Waals surface area contributed by atoms with E-state index < -0.39 is 5.60 Å². The molecule has 0 spiro atoms. The molecule has 5 nitrogen and oxygen atoms in total. The van der Waals surface area contributed by atoms with Crippen LogP contribution in [-0.2, 0) is 9.53 Å². The van der Waals surface area contributed by atoms with Crippen LogP contribution in [0.5, 0.6) is 5.75 Å². The van der Waals surface area contributed by atoms with Crippen molar-refractivity contribution in [2.45, 2.75) is 18.9 Å². The van der Waals surface area contributed by atoms with Crippen molar-refractivity contribution in [1.82, 2.24) is 5.32 Å². The standard InChI is InChI=1S/C14H19Cl2NO4/c1-14(19,5-6-20-2)9-17-13(18)8-21-10-3-4-11(15)12(16)7-10/h3-4,7,19H,5-6,8-9H2,1-2H3,(H,17,18). The Morgan fingerprint density at radius 1 is 1.38 bits per heavy atom. The van der Waals surface area contributed by atoms with Gasteiger partial charge >= 0.3 is 0 Å². The molecule has 0 heterocycles. The van der Waals surface area contributed by atoms with E-state index in [-0.39, 0.29) is 19.1 Å². The maximum atomic E-state index is 11.7. The van der Waals surface area contributed by atoms with Crippen LogP contribution in [0.15, 0.2) is 18.2 Å². The van der Waals surface area contributed by atoms with Crippen LogP contribution in [0.3, 0.4) is 0 Å². The normalized spacial score (nSPS) is 13.6. The van der Waals surface area contributed by atoms with Crippen molar-refractivity contribution >= 4 is 29.1 Å². The van der Waals surface area contributed by atoms with Gasteiger partial charge in [0.25, 0.3) is 5.91 Å². The lowest BCUT2D eigenvalue weighted by Crippen LogP contribution is -2.42. The van der Waals surface area contributed by atoms with E-state index in [1.807, 2.05) is 0 Å². The van der Waals surface area contributed by atoms with Crippen molar-refractivity contribution in [2.75, 3.05) is 26.9 Å². The second-order valence-electron chi connectivity index (χ2n) is 4.88.